The summed E-state index contributed by atoms with van der Waals surface area (Å²) in [5.74, 6) is -1.01. The maximum atomic E-state index is 13.7. The first-order valence-corrected chi connectivity index (χ1v) is 12.3. The molecule has 172 valence electrons. The molecular formula is C30H28O4. The van der Waals surface area contributed by atoms with Gasteiger partial charge in [-0.1, -0.05) is 48.5 Å². The second-order valence-electron chi connectivity index (χ2n) is 9.42. The quantitative estimate of drug-likeness (QED) is 0.280. The molecule has 0 aromatic heterocycles. The highest BCUT2D eigenvalue weighted by molar-refractivity contribution is 6.17. The van der Waals surface area contributed by atoms with Gasteiger partial charge in [-0.05, 0) is 94.8 Å². The lowest BCUT2D eigenvalue weighted by Gasteiger charge is -2.28. The van der Waals surface area contributed by atoms with E-state index >= 15 is 0 Å². The number of carbonyl (C=O) groups is 2. The Kier molecular flexibility index (Phi) is 4.87. The number of rotatable bonds is 5. The second kappa shape index (κ2) is 7.83. The maximum absolute atomic E-state index is 13.7. The van der Waals surface area contributed by atoms with Gasteiger partial charge in [0.25, 0.3) is 0 Å². The van der Waals surface area contributed by atoms with E-state index in [2.05, 4.69) is 42.5 Å². The first-order chi connectivity index (χ1) is 16.6. The third-order valence-electron chi connectivity index (χ3n) is 7.67. The highest BCUT2D eigenvalue weighted by Gasteiger charge is 2.57. The van der Waals surface area contributed by atoms with Crippen LogP contribution in [0, 0.1) is 0 Å². The van der Waals surface area contributed by atoms with Crippen molar-refractivity contribution in [1.29, 1.82) is 0 Å². The largest absolute Gasteiger partial charge is 0.465 e. The van der Waals surface area contributed by atoms with E-state index in [-0.39, 0.29) is 19.6 Å². The molecule has 0 spiro atoms. The van der Waals surface area contributed by atoms with Crippen molar-refractivity contribution in [2.24, 2.45) is 0 Å². The van der Waals surface area contributed by atoms with Gasteiger partial charge in [0.1, 0.15) is 0 Å². The number of fused-ring (bicyclic) bond motifs is 4. The fourth-order valence-corrected chi connectivity index (χ4v) is 6.41. The average molecular weight is 453 g/mol. The normalized spacial score (nSPS) is 16.8. The van der Waals surface area contributed by atoms with Crippen LogP contribution in [0.25, 0.3) is 27.5 Å². The van der Waals surface area contributed by atoms with E-state index in [0.717, 1.165) is 46.7 Å². The fourth-order valence-electron chi connectivity index (χ4n) is 6.41. The molecule has 0 heterocycles. The molecule has 3 aliphatic rings. The van der Waals surface area contributed by atoms with Crippen LogP contribution in [-0.2, 0) is 37.3 Å². The van der Waals surface area contributed by atoms with E-state index < -0.39 is 17.4 Å². The van der Waals surface area contributed by atoms with Crippen LogP contribution in [-0.4, -0.2) is 25.2 Å². The zero-order valence-corrected chi connectivity index (χ0v) is 19.7. The lowest BCUT2D eigenvalue weighted by atomic mass is 9.76. The van der Waals surface area contributed by atoms with E-state index in [1.807, 2.05) is 6.07 Å². The summed E-state index contributed by atoms with van der Waals surface area (Å²) in [6.45, 7) is 3.99. The number of hydrogen-bond donors (Lipinski definition) is 0. The minimum absolute atomic E-state index is 0.215. The summed E-state index contributed by atoms with van der Waals surface area (Å²) in [5, 5.41) is 2.17. The van der Waals surface area contributed by atoms with Crippen LogP contribution in [0.5, 0.6) is 0 Å². The SMILES string of the molecule is CCOC(=O)C1(C(=O)OCC)Cc2cccc3c(C4=CCCC4)c4c(c1c23)Cc1ccccc1-4. The summed E-state index contributed by atoms with van der Waals surface area (Å²) in [5.41, 5.74) is 7.73. The molecule has 4 nitrogen and oxygen atoms in total. The van der Waals surface area contributed by atoms with Crippen LogP contribution in [0.2, 0.25) is 0 Å². The third kappa shape index (κ3) is 2.71. The Morgan fingerprint density at radius 1 is 0.912 bits per heavy atom. The maximum Gasteiger partial charge on any atom is 0.328 e. The molecule has 34 heavy (non-hydrogen) atoms. The summed E-state index contributed by atoms with van der Waals surface area (Å²) >= 11 is 0. The molecule has 0 saturated carbocycles. The van der Waals surface area contributed by atoms with E-state index in [1.54, 1.807) is 13.8 Å². The molecule has 0 N–H and O–H groups in total. The molecule has 3 aromatic rings. The number of carbonyl (C=O) groups excluding carboxylic acids is 2. The van der Waals surface area contributed by atoms with Crippen molar-refractivity contribution in [3.63, 3.8) is 0 Å². The van der Waals surface area contributed by atoms with Gasteiger partial charge >= 0.3 is 11.9 Å². The van der Waals surface area contributed by atoms with Gasteiger partial charge in [0, 0.05) is 6.42 Å². The van der Waals surface area contributed by atoms with Crippen LogP contribution < -0.4 is 0 Å². The monoisotopic (exact) mass is 452 g/mol. The zero-order chi connectivity index (χ0) is 23.4. The van der Waals surface area contributed by atoms with Gasteiger partial charge in [-0.2, -0.15) is 0 Å². The Morgan fingerprint density at radius 2 is 1.65 bits per heavy atom. The number of allylic oxidation sites excluding steroid dienone is 2. The highest BCUT2D eigenvalue weighted by Crippen LogP contribution is 2.55. The lowest BCUT2D eigenvalue weighted by Crippen LogP contribution is -2.46. The van der Waals surface area contributed by atoms with Crippen molar-refractivity contribution < 1.29 is 19.1 Å². The average Bonchev–Trinajstić information content (AvgIpc) is 3.57. The van der Waals surface area contributed by atoms with Crippen LogP contribution in [0.15, 0.2) is 48.5 Å². The predicted molar refractivity (Wildman–Crippen MR) is 133 cm³/mol. The molecule has 4 heteroatoms. The number of benzene rings is 3. The van der Waals surface area contributed by atoms with Gasteiger partial charge < -0.3 is 9.47 Å². The molecule has 0 fully saturated rings. The lowest BCUT2D eigenvalue weighted by molar-refractivity contribution is -0.164. The van der Waals surface area contributed by atoms with Crippen LogP contribution in [0.3, 0.4) is 0 Å². The molecule has 0 bridgehead atoms. The van der Waals surface area contributed by atoms with Gasteiger partial charge in [-0.3, -0.25) is 9.59 Å². The molecular weight excluding hydrogens is 424 g/mol. The van der Waals surface area contributed by atoms with Gasteiger partial charge in [-0.15, -0.1) is 0 Å². The summed E-state index contributed by atoms with van der Waals surface area (Å²) in [7, 11) is 0. The smallest absolute Gasteiger partial charge is 0.328 e. The number of ether oxygens (including phenoxy) is 2. The van der Waals surface area contributed by atoms with Gasteiger partial charge in [0.05, 0.1) is 13.2 Å². The van der Waals surface area contributed by atoms with Crippen molar-refractivity contribution in [1.82, 2.24) is 0 Å². The number of hydrogen-bond acceptors (Lipinski definition) is 4. The molecule has 6 rings (SSSR count). The molecule has 3 aromatic carbocycles. The first kappa shape index (κ1) is 21.2. The third-order valence-corrected chi connectivity index (χ3v) is 7.67. The van der Waals surface area contributed by atoms with Gasteiger partial charge in [-0.25, -0.2) is 0 Å². The standard InChI is InChI=1S/C30H28O4/c1-3-33-28(31)30(29(32)34-4-2)17-20-13-9-15-22-24(18-10-5-6-11-18)26-21-14-8-7-12-19(21)16-23(26)27(30)25(20)22/h7-10,12-15H,3-6,11,16-17H2,1-2H3. The van der Waals surface area contributed by atoms with Crippen molar-refractivity contribution in [2.75, 3.05) is 13.2 Å². The molecule has 0 atom stereocenters. The minimum Gasteiger partial charge on any atom is -0.465 e. The highest BCUT2D eigenvalue weighted by atomic mass is 16.6. The van der Waals surface area contributed by atoms with E-state index in [9.17, 15) is 9.59 Å². The molecule has 3 aliphatic carbocycles. The molecule has 0 unspecified atom stereocenters. The molecule has 0 saturated heterocycles. The van der Waals surface area contributed by atoms with Crippen molar-refractivity contribution in [3.05, 3.63) is 76.4 Å². The van der Waals surface area contributed by atoms with Gasteiger partial charge in [0.15, 0.2) is 5.41 Å². The minimum atomic E-state index is -1.47. The van der Waals surface area contributed by atoms with Crippen LogP contribution in [0.1, 0.15) is 60.9 Å². The fraction of sp³-hybridized carbons (Fsp3) is 0.333. The van der Waals surface area contributed by atoms with E-state index in [1.165, 1.54) is 27.8 Å². The zero-order valence-electron chi connectivity index (χ0n) is 19.7. The predicted octanol–water partition coefficient (Wildman–Crippen LogP) is 5.90. The van der Waals surface area contributed by atoms with Crippen LogP contribution >= 0.6 is 0 Å². The van der Waals surface area contributed by atoms with E-state index in [0.29, 0.717) is 6.42 Å². The molecule has 0 aliphatic heterocycles. The van der Waals surface area contributed by atoms with Crippen molar-refractivity contribution in [2.45, 2.75) is 51.4 Å². The first-order valence-electron chi connectivity index (χ1n) is 12.3. The topological polar surface area (TPSA) is 52.6 Å². The Morgan fingerprint density at radius 3 is 2.35 bits per heavy atom. The van der Waals surface area contributed by atoms with Crippen molar-refractivity contribution in [3.8, 4) is 11.1 Å². The summed E-state index contributed by atoms with van der Waals surface area (Å²) in [6, 6.07) is 14.7. The van der Waals surface area contributed by atoms with Gasteiger partial charge in [0.2, 0.25) is 0 Å². The summed E-state index contributed by atoms with van der Waals surface area (Å²) in [4.78, 5) is 27.3. The Labute approximate surface area is 199 Å². The summed E-state index contributed by atoms with van der Waals surface area (Å²) < 4.78 is 11.1. The Bertz CT molecular complexity index is 1380. The second-order valence-corrected chi connectivity index (χ2v) is 9.42. The van der Waals surface area contributed by atoms with E-state index in [4.69, 9.17) is 9.47 Å². The number of esters is 2. The Balaban J connectivity index is 1.76. The van der Waals surface area contributed by atoms with Crippen LogP contribution in [0.4, 0.5) is 0 Å². The van der Waals surface area contributed by atoms with Crippen molar-refractivity contribution >= 4 is 28.3 Å². The molecule has 0 amide bonds. The molecule has 0 radical (unpaired) electrons. The summed E-state index contributed by atoms with van der Waals surface area (Å²) in [6.07, 6.45) is 6.64. The Hall–Kier alpha value is -3.40.